The van der Waals surface area contributed by atoms with Gasteiger partial charge in [0.2, 0.25) is 0 Å². The van der Waals surface area contributed by atoms with Crippen LogP contribution in [-0.4, -0.2) is 56.8 Å². The van der Waals surface area contributed by atoms with Crippen molar-refractivity contribution in [1.82, 2.24) is 24.5 Å². The molecule has 2 amide bonds. The van der Waals surface area contributed by atoms with Crippen molar-refractivity contribution >= 4 is 28.7 Å². The van der Waals surface area contributed by atoms with Crippen LogP contribution in [0.25, 0.3) is 28.0 Å². The Morgan fingerprint density at radius 2 is 1.88 bits per heavy atom. The van der Waals surface area contributed by atoms with Crippen LogP contribution in [0.5, 0.6) is 0 Å². The molecule has 0 radical (unpaired) electrons. The van der Waals surface area contributed by atoms with Gasteiger partial charge in [0.05, 0.1) is 36.4 Å². The summed E-state index contributed by atoms with van der Waals surface area (Å²) >= 11 is 0. The molecule has 11 nitrogen and oxygen atoms in total. The van der Waals surface area contributed by atoms with E-state index >= 15 is 0 Å². The molecule has 4 N–H and O–H groups in total. The maximum Gasteiger partial charge on any atom is 0.323 e. The number of benzene rings is 2. The van der Waals surface area contributed by atoms with E-state index in [4.69, 9.17) is 14.9 Å². The van der Waals surface area contributed by atoms with Crippen molar-refractivity contribution < 1.29 is 22.7 Å². The average molecular weight is 561 g/mol. The maximum atomic E-state index is 14.1. The van der Waals surface area contributed by atoms with Gasteiger partial charge in [0.25, 0.3) is 0 Å². The summed E-state index contributed by atoms with van der Waals surface area (Å²) in [6.07, 6.45) is 4.42. The third-order valence-electron chi connectivity index (χ3n) is 6.87. The number of nitrogens with two attached hydrogens (primary N) is 1. The first-order chi connectivity index (χ1) is 20.0. The van der Waals surface area contributed by atoms with Gasteiger partial charge in [-0.25, -0.2) is 28.1 Å². The normalized spacial score (nSPS) is 13.9. The number of hydrogen-bond donors (Lipinski definition) is 3. The molecule has 1 aliphatic rings. The van der Waals surface area contributed by atoms with Gasteiger partial charge >= 0.3 is 6.03 Å². The van der Waals surface area contributed by atoms with E-state index in [1.807, 2.05) is 12.1 Å². The number of nitrogens with zero attached hydrogens (tertiary/aromatic N) is 5. The molecule has 0 aliphatic carbocycles. The lowest BCUT2D eigenvalue weighted by Crippen LogP contribution is -2.36. The van der Waals surface area contributed by atoms with Crippen LogP contribution in [0, 0.1) is 5.82 Å². The summed E-state index contributed by atoms with van der Waals surface area (Å²) in [5.41, 5.74) is 10.8. The van der Waals surface area contributed by atoms with Gasteiger partial charge < -0.3 is 25.5 Å². The number of morpholine rings is 1. The summed E-state index contributed by atoms with van der Waals surface area (Å²) in [6.45, 7) is 2.61. The van der Waals surface area contributed by atoms with Crippen molar-refractivity contribution in [2.24, 2.45) is 0 Å². The molecule has 1 saturated heterocycles. The number of amides is 2. The number of aromatic nitrogens is 4. The number of nitrogens with one attached hydrogen (secondary N) is 2. The van der Waals surface area contributed by atoms with E-state index in [9.17, 15) is 13.6 Å². The Kier molecular flexibility index (Phi) is 7.27. The van der Waals surface area contributed by atoms with Crippen LogP contribution >= 0.6 is 0 Å². The third-order valence-corrected chi connectivity index (χ3v) is 6.87. The Labute approximate surface area is 232 Å². The Morgan fingerprint density at radius 1 is 1.07 bits per heavy atom. The number of oxazole rings is 1. The fourth-order valence-electron chi connectivity index (χ4n) is 4.93. The van der Waals surface area contributed by atoms with Gasteiger partial charge in [0.15, 0.2) is 18.0 Å². The molecule has 210 valence electrons. The Balaban J connectivity index is 1.35. The molecular formula is C28H26F2N8O3. The fraction of sp³-hybridized carbons (Fsp3) is 0.214. The largest absolute Gasteiger partial charge is 0.443 e. The first kappa shape index (κ1) is 26.3. The number of rotatable bonds is 7. The van der Waals surface area contributed by atoms with Gasteiger partial charge in [0.1, 0.15) is 24.3 Å². The first-order valence-electron chi connectivity index (χ1n) is 12.9. The van der Waals surface area contributed by atoms with E-state index in [2.05, 4.69) is 30.6 Å². The van der Waals surface area contributed by atoms with Crippen LogP contribution < -0.4 is 16.4 Å². The number of anilines is 3. The molecule has 5 aromatic rings. The second kappa shape index (κ2) is 11.3. The van der Waals surface area contributed by atoms with Crippen LogP contribution in [0.2, 0.25) is 0 Å². The average Bonchev–Trinajstić information content (AvgIpc) is 3.62. The maximum absolute atomic E-state index is 14.1. The highest BCUT2D eigenvalue weighted by Crippen LogP contribution is 2.42. The Hall–Kier alpha value is -4.88. The van der Waals surface area contributed by atoms with Crippen LogP contribution in [0.15, 0.2) is 65.8 Å². The molecule has 0 unspecified atom stereocenters. The standard InChI is InChI=1S/C28H26F2N8O3/c29-12-17-1-6-20(30)21(11-17)36-28(39)35-19-4-2-18(3-5-19)24-25(23-13-32-16-41-23)22(14-37-7-9-40-10-8-37)38-26(24)27(31)33-15-34-38/h1-6,11,13,15-16H,7-10,12,14H2,(H2,31,33,34)(H2,35,36,39). The molecule has 2 aromatic carbocycles. The molecule has 0 bridgehead atoms. The zero-order valence-electron chi connectivity index (χ0n) is 21.8. The predicted octanol–water partition coefficient (Wildman–Crippen LogP) is 4.72. The molecule has 13 heteroatoms. The highest BCUT2D eigenvalue weighted by Gasteiger charge is 2.27. The minimum atomic E-state index is -0.771. The summed E-state index contributed by atoms with van der Waals surface area (Å²) in [5, 5.41) is 9.62. The number of hydrogen-bond acceptors (Lipinski definition) is 8. The van der Waals surface area contributed by atoms with E-state index in [-0.39, 0.29) is 11.3 Å². The molecule has 0 atom stereocenters. The number of carbonyl (C=O) groups excluding carboxylic acids is 1. The van der Waals surface area contributed by atoms with E-state index < -0.39 is 18.5 Å². The van der Waals surface area contributed by atoms with Crippen molar-refractivity contribution in [2.75, 3.05) is 42.7 Å². The summed E-state index contributed by atoms with van der Waals surface area (Å²) in [4.78, 5) is 23.2. The van der Waals surface area contributed by atoms with Crippen LogP contribution in [-0.2, 0) is 18.0 Å². The summed E-state index contributed by atoms with van der Waals surface area (Å²) in [5.74, 6) is 0.177. The van der Waals surface area contributed by atoms with Gasteiger partial charge in [-0.05, 0) is 35.4 Å². The molecule has 0 spiro atoms. The Morgan fingerprint density at radius 3 is 2.61 bits per heavy atom. The zero-order valence-corrected chi connectivity index (χ0v) is 21.8. The first-order valence-corrected chi connectivity index (χ1v) is 12.9. The molecule has 3 aromatic heterocycles. The molecule has 0 saturated carbocycles. The number of ether oxygens (including phenoxy) is 1. The van der Waals surface area contributed by atoms with Crippen molar-refractivity contribution in [3.8, 4) is 22.5 Å². The molecule has 41 heavy (non-hydrogen) atoms. The van der Waals surface area contributed by atoms with Gasteiger partial charge in [0, 0.05) is 30.9 Å². The van der Waals surface area contributed by atoms with Crippen LogP contribution in [0.4, 0.5) is 30.8 Å². The van der Waals surface area contributed by atoms with Crippen molar-refractivity contribution in [3.63, 3.8) is 0 Å². The van der Waals surface area contributed by atoms with Crippen LogP contribution in [0.3, 0.4) is 0 Å². The number of carbonyl (C=O) groups is 1. The highest BCUT2D eigenvalue weighted by molar-refractivity contribution is 6.01. The topological polar surface area (TPSA) is 136 Å². The van der Waals surface area contributed by atoms with E-state index in [1.165, 1.54) is 24.9 Å². The number of alkyl halides is 1. The molecule has 1 aliphatic heterocycles. The molecule has 6 rings (SSSR count). The van der Waals surface area contributed by atoms with E-state index in [0.717, 1.165) is 41.5 Å². The smallest absolute Gasteiger partial charge is 0.323 e. The number of fused-ring (bicyclic) bond motifs is 1. The molecular weight excluding hydrogens is 534 g/mol. The van der Waals surface area contributed by atoms with Gasteiger partial charge in [-0.3, -0.25) is 4.90 Å². The zero-order chi connectivity index (χ0) is 28.3. The van der Waals surface area contributed by atoms with Crippen molar-refractivity contribution in [3.05, 3.63) is 78.5 Å². The minimum Gasteiger partial charge on any atom is -0.443 e. The lowest BCUT2D eigenvalue weighted by atomic mass is 9.99. The summed E-state index contributed by atoms with van der Waals surface area (Å²) in [7, 11) is 0. The summed E-state index contributed by atoms with van der Waals surface area (Å²) in [6, 6.07) is 10.1. The molecule has 1 fully saturated rings. The lowest BCUT2D eigenvalue weighted by Gasteiger charge is -2.26. The minimum absolute atomic E-state index is 0.116. The number of halogens is 2. The second-order valence-corrected chi connectivity index (χ2v) is 9.46. The monoisotopic (exact) mass is 560 g/mol. The van der Waals surface area contributed by atoms with E-state index in [0.29, 0.717) is 42.5 Å². The van der Waals surface area contributed by atoms with Crippen molar-refractivity contribution in [2.45, 2.75) is 13.2 Å². The SMILES string of the molecule is Nc1ncnn2c(CN3CCOCC3)c(-c3cnco3)c(-c3ccc(NC(=O)Nc4cc(CF)ccc4F)cc3)c12. The second-order valence-electron chi connectivity index (χ2n) is 9.46. The van der Waals surface area contributed by atoms with Gasteiger partial charge in [-0.15, -0.1) is 0 Å². The third kappa shape index (κ3) is 5.32. The fourth-order valence-corrected chi connectivity index (χ4v) is 4.93. The number of nitrogen functional groups attached to an aromatic ring is 1. The van der Waals surface area contributed by atoms with Crippen LogP contribution in [0.1, 0.15) is 11.3 Å². The highest BCUT2D eigenvalue weighted by atomic mass is 19.1. The lowest BCUT2D eigenvalue weighted by molar-refractivity contribution is 0.0335. The van der Waals surface area contributed by atoms with Gasteiger partial charge in [-0.1, -0.05) is 18.2 Å². The Bertz CT molecular complexity index is 1680. The summed E-state index contributed by atoms with van der Waals surface area (Å²) < 4.78 is 40.1. The quantitative estimate of drug-likeness (QED) is 0.260. The van der Waals surface area contributed by atoms with E-state index in [1.54, 1.807) is 22.8 Å². The predicted molar refractivity (Wildman–Crippen MR) is 148 cm³/mol. The number of urea groups is 1. The van der Waals surface area contributed by atoms with Gasteiger partial charge in [-0.2, -0.15) is 5.10 Å². The molecule has 4 heterocycles. The van der Waals surface area contributed by atoms with Crippen molar-refractivity contribution in [1.29, 1.82) is 0 Å².